The molecule has 0 fully saturated rings. The van der Waals surface area contributed by atoms with Crippen molar-refractivity contribution in [3.8, 4) is 17.0 Å². The van der Waals surface area contributed by atoms with Gasteiger partial charge in [-0.1, -0.05) is 49.4 Å². The van der Waals surface area contributed by atoms with Gasteiger partial charge in [0.15, 0.2) is 5.13 Å². The number of ether oxygens (including phenoxy) is 1. The van der Waals surface area contributed by atoms with Crippen LogP contribution in [0.3, 0.4) is 0 Å². The fourth-order valence-electron chi connectivity index (χ4n) is 4.29. The van der Waals surface area contributed by atoms with Crippen molar-refractivity contribution >= 4 is 69.1 Å². The van der Waals surface area contributed by atoms with Crippen LogP contribution in [0.1, 0.15) is 28.6 Å². The fraction of sp³-hybridized carbons (Fsp3) is 0.118. The number of thiophene rings is 1. The molecule has 0 aliphatic rings. The second kappa shape index (κ2) is 15.3. The lowest BCUT2D eigenvalue weighted by Gasteiger charge is -2.15. The molecule has 5 rings (SSSR count). The van der Waals surface area contributed by atoms with Crippen LogP contribution in [0.25, 0.3) is 17.3 Å². The summed E-state index contributed by atoms with van der Waals surface area (Å²) >= 11 is 4.21. The number of para-hydroxylation sites is 1. The van der Waals surface area contributed by atoms with Gasteiger partial charge < -0.3 is 20.7 Å². The number of aromatic nitrogens is 1. The molecule has 0 aliphatic heterocycles. The van der Waals surface area contributed by atoms with E-state index < -0.39 is 11.2 Å². The van der Waals surface area contributed by atoms with E-state index in [-0.39, 0.29) is 17.5 Å². The fourth-order valence-corrected chi connectivity index (χ4v) is 6.67. The number of methoxy groups -OCH3 is 1. The minimum absolute atomic E-state index is 0.117. The summed E-state index contributed by atoms with van der Waals surface area (Å²) in [6.07, 6.45) is 2.23. The molecule has 3 amide bonds. The van der Waals surface area contributed by atoms with Gasteiger partial charge in [-0.2, -0.15) is 0 Å². The molecule has 5 aromatic rings. The van der Waals surface area contributed by atoms with Crippen LogP contribution < -0.4 is 20.7 Å². The predicted octanol–water partition coefficient (Wildman–Crippen LogP) is 7.80. The van der Waals surface area contributed by atoms with Gasteiger partial charge in [0.05, 0.1) is 18.1 Å². The number of rotatable bonds is 12. The highest BCUT2D eigenvalue weighted by Crippen LogP contribution is 2.33. The highest BCUT2D eigenvalue weighted by atomic mass is 32.2. The molecule has 3 N–H and O–H groups in total. The zero-order valence-electron chi connectivity index (χ0n) is 24.5. The maximum atomic E-state index is 13.4. The average Bonchev–Trinajstić information content (AvgIpc) is 3.76. The number of nitrogens with zero attached hydrogens (tertiary/aromatic N) is 1. The Bertz CT molecular complexity index is 1800. The molecule has 0 saturated heterocycles. The number of amides is 3. The third kappa shape index (κ3) is 8.48. The van der Waals surface area contributed by atoms with Crippen molar-refractivity contribution in [1.29, 1.82) is 0 Å². The normalized spacial score (nSPS) is 11.8. The molecular formula is C34H30N4O4S3. The summed E-state index contributed by atoms with van der Waals surface area (Å²) in [5.74, 6) is -0.302. The van der Waals surface area contributed by atoms with Gasteiger partial charge in [0.2, 0.25) is 5.91 Å². The zero-order chi connectivity index (χ0) is 31.6. The van der Waals surface area contributed by atoms with Crippen molar-refractivity contribution in [3.63, 3.8) is 0 Å². The van der Waals surface area contributed by atoms with E-state index in [1.165, 1.54) is 34.4 Å². The summed E-state index contributed by atoms with van der Waals surface area (Å²) in [6, 6.07) is 27.3. The van der Waals surface area contributed by atoms with Crippen LogP contribution in [0.5, 0.6) is 5.75 Å². The molecule has 0 radical (unpaired) electrons. The molecule has 228 valence electrons. The Hall–Kier alpha value is -4.71. The van der Waals surface area contributed by atoms with Gasteiger partial charge in [-0.15, -0.1) is 34.4 Å². The summed E-state index contributed by atoms with van der Waals surface area (Å²) in [4.78, 5) is 45.7. The third-order valence-electron chi connectivity index (χ3n) is 6.51. The summed E-state index contributed by atoms with van der Waals surface area (Å²) < 4.78 is 5.44. The Labute approximate surface area is 273 Å². The van der Waals surface area contributed by atoms with Crippen LogP contribution in [0.2, 0.25) is 0 Å². The molecule has 3 aromatic carbocycles. The first-order chi connectivity index (χ1) is 21.9. The molecule has 2 aromatic heterocycles. The zero-order valence-corrected chi connectivity index (χ0v) is 26.9. The van der Waals surface area contributed by atoms with E-state index in [2.05, 4.69) is 20.9 Å². The molecule has 0 spiro atoms. The first-order valence-electron chi connectivity index (χ1n) is 14.0. The van der Waals surface area contributed by atoms with Gasteiger partial charge in [0.1, 0.15) is 11.4 Å². The van der Waals surface area contributed by atoms with E-state index >= 15 is 0 Å². The van der Waals surface area contributed by atoms with Gasteiger partial charge >= 0.3 is 0 Å². The number of thiazole rings is 1. The van der Waals surface area contributed by atoms with Crippen molar-refractivity contribution in [2.75, 3.05) is 17.7 Å². The van der Waals surface area contributed by atoms with Crippen molar-refractivity contribution in [1.82, 2.24) is 10.3 Å². The Morgan fingerprint density at radius 1 is 0.933 bits per heavy atom. The molecule has 0 bridgehead atoms. The number of carbonyl (C=O) groups excluding carboxylic acids is 3. The monoisotopic (exact) mass is 654 g/mol. The summed E-state index contributed by atoms with van der Waals surface area (Å²) in [5.41, 5.74) is 2.67. The molecule has 1 atom stereocenters. The van der Waals surface area contributed by atoms with E-state index in [1.54, 1.807) is 43.5 Å². The first-order valence-corrected chi connectivity index (χ1v) is 16.7. The van der Waals surface area contributed by atoms with E-state index in [0.717, 1.165) is 21.0 Å². The SMILES string of the molecule is CCC(Sc1cccc(NC(=O)/C(=C/c2cccs2)NC(=O)c2ccccc2)c1)C(=O)Nc1nc(-c2ccccc2OC)cs1. The van der Waals surface area contributed by atoms with E-state index in [4.69, 9.17) is 4.74 Å². The van der Waals surface area contributed by atoms with Crippen molar-refractivity contribution in [2.45, 2.75) is 23.5 Å². The summed E-state index contributed by atoms with van der Waals surface area (Å²) in [5, 5.41) is 12.5. The number of thioether (sulfide) groups is 1. The van der Waals surface area contributed by atoms with Crippen LogP contribution in [0.4, 0.5) is 10.8 Å². The second-order valence-corrected chi connectivity index (χ2v) is 12.7. The lowest BCUT2D eigenvalue weighted by Crippen LogP contribution is -2.30. The molecule has 45 heavy (non-hydrogen) atoms. The molecular weight excluding hydrogens is 625 g/mol. The smallest absolute Gasteiger partial charge is 0.272 e. The van der Waals surface area contributed by atoms with Crippen LogP contribution in [0.15, 0.2) is 112 Å². The van der Waals surface area contributed by atoms with Gasteiger partial charge in [0, 0.05) is 32.0 Å². The van der Waals surface area contributed by atoms with E-state index in [0.29, 0.717) is 28.6 Å². The second-order valence-electron chi connectivity index (χ2n) is 9.62. The number of hydrogen-bond acceptors (Lipinski definition) is 8. The Morgan fingerprint density at radius 3 is 2.49 bits per heavy atom. The van der Waals surface area contributed by atoms with E-state index in [1.807, 2.05) is 78.3 Å². The van der Waals surface area contributed by atoms with Crippen LogP contribution in [-0.2, 0) is 9.59 Å². The molecule has 11 heteroatoms. The van der Waals surface area contributed by atoms with Crippen LogP contribution >= 0.6 is 34.4 Å². The lowest BCUT2D eigenvalue weighted by molar-refractivity contribution is -0.116. The minimum atomic E-state index is -0.464. The maximum Gasteiger partial charge on any atom is 0.272 e. The summed E-state index contributed by atoms with van der Waals surface area (Å²) in [7, 11) is 1.61. The van der Waals surface area contributed by atoms with Gasteiger partial charge in [0.25, 0.3) is 11.8 Å². The quantitative estimate of drug-likeness (QED) is 0.0936. The molecule has 0 saturated carbocycles. The highest BCUT2D eigenvalue weighted by molar-refractivity contribution is 8.00. The first kappa shape index (κ1) is 31.7. The Morgan fingerprint density at radius 2 is 1.73 bits per heavy atom. The van der Waals surface area contributed by atoms with Crippen molar-refractivity contribution < 1.29 is 19.1 Å². The third-order valence-corrected chi connectivity index (χ3v) is 9.44. The maximum absolute atomic E-state index is 13.4. The minimum Gasteiger partial charge on any atom is -0.496 e. The molecule has 2 heterocycles. The predicted molar refractivity (Wildman–Crippen MR) is 184 cm³/mol. The topological polar surface area (TPSA) is 109 Å². The lowest BCUT2D eigenvalue weighted by atomic mass is 10.1. The molecule has 0 aliphatic carbocycles. The highest BCUT2D eigenvalue weighted by Gasteiger charge is 2.21. The number of anilines is 2. The Kier molecular flexibility index (Phi) is 10.8. The van der Waals surface area contributed by atoms with Crippen molar-refractivity contribution in [3.05, 3.63) is 118 Å². The van der Waals surface area contributed by atoms with Crippen LogP contribution in [-0.4, -0.2) is 35.1 Å². The summed E-state index contributed by atoms with van der Waals surface area (Å²) in [6.45, 7) is 1.95. The number of nitrogens with one attached hydrogen (secondary N) is 3. The Balaban J connectivity index is 1.25. The number of hydrogen-bond donors (Lipinski definition) is 3. The molecule has 8 nitrogen and oxygen atoms in total. The van der Waals surface area contributed by atoms with Gasteiger partial charge in [-0.3, -0.25) is 14.4 Å². The number of carbonyl (C=O) groups is 3. The molecule has 1 unspecified atom stereocenters. The number of benzene rings is 3. The van der Waals surface area contributed by atoms with E-state index in [9.17, 15) is 14.4 Å². The van der Waals surface area contributed by atoms with Crippen molar-refractivity contribution in [2.24, 2.45) is 0 Å². The average molecular weight is 655 g/mol. The largest absolute Gasteiger partial charge is 0.496 e. The van der Waals surface area contributed by atoms with Gasteiger partial charge in [-0.25, -0.2) is 4.98 Å². The van der Waals surface area contributed by atoms with Crippen LogP contribution in [0, 0.1) is 0 Å². The van der Waals surface area contributed by atoms with Gasteiger partial charge in [-0.05, 0) is 66.4 Å². The standard InChI is InChI=1S/C34H30N4O4S3/c1-3-30(33(41)38-34-37-28(21-44-34)26-16-7-8-17-29(26)42-2)45-25-14-9-13-23(19-25)35-32(40)27(20-24-15-10-18-43-24)36-31(39)22-11-5-4-6-12-22/h4-21,30H,3H2,1-2H3,(H,35,40)(H,36,39)(H,37,38,41)/b27-20-.